The van der Waals surface area contributed by atoms with Crippen LogP contribution in [0.3, 0.4) is 0 Å². The minimum Gasteiger partial charge on any atom is -0.435 e. The highest BCUT2D eigenvalue weighted by Gasteiger charge is 1.98. The van der Waals surface area contributed by atoms with Crippen LogP contribution in [0.1, 0.15) is 85.0 Å². The summed E-state index contributed by atoms with van der Waals surface area (Å²) in [5, 5.41) is 0. The van der Waals surface area contributed by atoms with Gasteiger partial charge in [-0.15, -0.1) is 0 Å². The summed E-state index contributed by atoms with van der Waals surface area (Å²) >= 11 is 0. The topological polar surface area (TPSA) is 26.3 Å². The van der Waals surface area contributed by atoms with Gasteiger partial charge in [-0.25, -0.2) is 0 Å². The van der Waals surface area contributed by atoms with Gasteiger partial charge in [-0.05, 0) is 24.8 Å². The molecule has 0 N–H and O–H groups in total. The van der Waals surface area contributed by atoms with Crippen molar-refractivity contribution in [3.63, 3.8) is 0 Å². The van der Waals surface area contributed by atoms with Crippen LogP contribution >= 0.6 is 0 Å². The zero-order valence-electron chi connectivity index (χ0n) is 13.1. The van der Waals surface area contributed by atoms with Gasteiger partial charge in [0.25, 0.3) is 0 Å². The Morgan fingerprint density at radius 2 is 1.63 bits per heavy atom. The maximum Gasteiger partial charge on any atom is 0.307 e. The minimum atomic E-state index is -0.242. The third-order valence-electron chi connectivity index (χ3n) is 3.59. The number of ether oxygens (including phenoxy) is 1. The summed E-state index contributed by atoms with van der Waals surface area (Å²) in [4.78, 5) is 10.5. The molecule has 1 atom stereocenters. The van der Waals surface area contributed by atoms with Gasteiger partial charge in [0.1, 0.15) is 0 Å². The van der Waals surface area contributed by atoms with Crippen LogP contribution < -0.4 is 0 Å². The molecule has 0 spiro atoms. The van der Waals surface area contributed by atoms with Crippen molar-refractivity contribution in [2.45, 2.75) is 85.0 Å². The van der Waals surface area contributed by atoms with Crippen LogP contribution in [0.15, 0.2) is 12.3 Å². The Kier molecular flexibility index (Phi) is 13.1. The summed E-state index contributed by atoms with van der Waals surface area (Å²) in [6, 6.07) is 0. The summed E-state index contributed by atoms with van der Waals surface area (Å²) in [5.74, 6) is 0.664. The number of hydrogen-bond acceptors (Lipinski definition) is 2. The van der Waals surface area contributed by atoms with E-state index in [1.807, 2.05) is 6.08 Å². The molecule has 0 aliphatic carbocycles. The lowest BCUT2D eigenvalue weighted by molar-refractivity contribution is -0.135. The van der Waals surface area contributed by atoms with E-state index in [4.69, 9.17) is 4.74 Å². The standard InChI is InChI=1S/C17H32O2/c1-4-16(2)14-12-10-8-6-5-7-9-11-13-15-19-17(3)18/h13,15-16H,4-12,14H2,1-3H3/b15-13+. The highest BCUT2D eigenvalue weighted by atomic mass is 16.5. The van der Waals surface area contributed by atoms with Crippen LogP contribution in [0, 0.1) is 5.92 Å². The predicted molar refractivity (Wildman–Crippen MR) is 81.9 cm³/mol. The van der Waals surface area contributed by atoms with Crippen LogP contribution in [0.5, 0.6) is 0 Å². The van der Waals surface area contributed by atoms with Crippen molar-refractivity contribution in [2.24, 2.45) is 5.92 Å². The SMILES string of the molecule is CCC(C)CCCCCCCCC/C=C/OC(C)=O. The lowest BCUT2D eigenvalue weighted by atomic mass is 10.00. The van der Waals surface area contributed by atoms with Crippen molar-refractivity contribution in [1.82, 2.24) is 0 Å². The van der Waals surface area contributed by atoms with Crippen LogP contribution in [0.2, 0.25) is 0 Å². The van der Waals surface area contributed by atoms with E-state index >= 15 is 0 Å². The van der Waals surface area contributed by atoms with Crippen LogP contribution in [-0.4, -0.2) is 5.97 Å². The molecule has 0 aliphatic rings. The van der Waals surface area contributed by atoms with E-state index in [0.717, 1.165) is 12.3 Å². The first kappa shape index (κ1) is 18.2. The van der Waals surface area contributed by atoms with E-state index in [-0.39, 0.29) is 5.97 Å². The smallest absolute Gasteiger partial charge is 0.307 e. The molecule has 0 amide bonds. The lowest BCUT2D eigenvalue weighted by Crippen LogP contribution is -1.91. The molecule has 0 saturated heterocycles. The molecule has 0 heterocycles. The number of rotatable bonds is 12. The van der Waals surface area contributed by atoms with E-state index in [9.17, 15) is 4.79 Å². The molecule has 0 aromatic heterocycles. The Hall–Kier alpha value is -0.790. The van der Waals surface area contributed by atoms with E-state index < -0.39 is 0 Å². The summed E-state index contributed by atoms with van der Waals surface area (Å²) in [5.41, 5.74) is 0. The molecular formula is C17H32O2. The van der Waals surface area contributed by atoms with Gasteiger partial charge >= 0.3 is 5.97 Å². The maximum absolute atomic E-state index is 10.5. The van der Waals surface area contributed by atoms with Gasteiger partial charge < -0.3 is 4.74 Å². The van der Waals surface area contributed by atoms with Gasteiger partial charge in [-0.1, -0.05) is 65.2 Å². The number of unbranched alkanes of at least 4 members (excludes halogenated alkanes) is 7. The minimum absolute atomic E-state index is 0.242. The van der Waals surface area contributed by atoms with E-state index in [0.29, 0.717) is 0 Å². The Labute approximate surface area is 119 Å². The summed E-state index contributed by atoms with van der Waals surface area (Å²) in [7, 11) is 0. The summed E-state index contributed by atoms with van der Waals surface area (Å²) in [6.07, 6.45) is 16.6. The molecule has 0 bridgehead atoms. The molecule has 0 rings (SSSR count). The molecule has 2 heteroatoms. The normalized spacial score (nSPS) is 12.8. The molecule has 19 heavy (non-hydrogen) atoms. The quantitative estimate of drug-likeness (QED) is 0.261. The second kappa shape index (κ2) is 13.6. The molecule has 2 nitrogen and oxygen atoms in total. The first-order valence-electron chi connectivity index (χ1n) is 7.99. The van der Waals surface area contributed by atoms with Gasteiger partial charge in [-0.2, -0.15) is 0 Å². The molecule has 0 aliphatic heterocycles. The molecule has 0 radical (unpaired) electrons. The monoisotopic (exact) mass is 268 g/mol. The number of allylic oxidation sites excluding steroid dienone is 1. The molecule has 0 saturated carbocycles. The highest BCUT2D eigenvalue weighted by Crippen LogP contribution is 2.14. The van der Waals surface area contributed by atoms with E-state index in [2.05, 4.69) is 13.8 Å². The molecule has 0 aromatic carbocycles. The van der Waals surface area contributed by atoms with Crippen LogP contribution in [-0.2, 0) is 9.53 Å². The van der Waals surface area contributed by atoms with Crippen molar-refractivity contribution < 1.29 is 9.53 Å². The van der Waals surface area contributed by atoms with E-state index in [1.54, 1.807) is 0 Å². The second-order valence-corrected chi connectivity index (χ2v) is 5.55. The Balaban J connectivity index is 3.11. The van der Waals surface area contributed by atoms with Crippen molar-refractivity contribution in [2.75, 3.05) is 0 Å². The predicted octanol–water partition coefficient (Wildman–Crippen LogP) is 5.62. The fraction of sp³-hybridized carbons (Fsp3) is 0.824. The Bertz CT molecular complexity index is 233. The third-order valence-corrected chi connectivity index (χ3v) is 3.59. The van der Waals surface area contributed by atoms with Gasteiger partial charge in [-0.3, -0.25) is 4.79 Å². The second-order valence-electron chi connectivity index (χ2n) is 5.55. The third kappa shape index (κ3) is 15.2. The summed E-state index contributed by atoms with van der Waals surface area (Å²) in [6.45, 7) is 6.05. The lowest BCUT2D eigenvalue weighted by Gasteiger charge is -2.07. The summed E-state index contributed by atoms with van der Waals surface area (Å²) < 4.78 is 4.72. The maximum atomic E-state index is 10.5. The van der Waals surface area contributed by atoms with Gasteiger partial charge in [0.05, 0.1) is 6.26 Å². The number of carbonyl (C=O) groups is 1. The molecule has 112 valence electrons. The number of carbonyl (C=O) groups excluding carboxylic acids is 1. The van der Waals surface area contributed by atoms with Crippen molar-refractivity contribution in [1.29, 1.82) is 0 Å². The van der Waals surface area contributed by atoms with E-state index in [1.165, 1.54) is 71.0 Å². The van der Waals surface area contributed by atoms with Crippen LogP contribution in [0.25, 0.3) is 0 Å². The average Bonchev–Trinajstić information content (AvgIpc) is 2.39. The zero-order chi connectivity index (χ0) is 14.3. The van der Waals surface area contributed by atoms with Crippen molar-refractivity contribution >= 4 is 5.97 Å². The van der Waals surface area contributed by atoms with Crippen molar-refractivity contribution in [3.8, 4) is 0 Å². The zero-order valence-corrected chi connectivity index (χ0v) is 13.1. The first-order chi connectivity index (χ1) is 9.16. The molecular weight excluding hydrogens is 236 g/mol. The Morgan fingerprint density at radius 3 is 2.21 bits per heavy atom. The Morgan fingerprint density at radius 1 is 1.05 bits per heavy atom. The average molecular weight is 268 g/mol. The molecule has 0 aromatic rings. The fourth-order valence-electron chi connectivity index (χ4n) is 2.05. The van der Waals surface area contributed by atoms with Crippen molar-refractivity contribution in [3.05, 3.63) is 12.3 Å². The van der Waals surface area contributed by atoms with Gasteiger partial charge in [0, 0.05) is 6.92 Å². The number of hydrogen-bond donors (Lipinski definition) is 0. The fourth-order valence-corrected chi connectivity index (χ4v) is 2.05. The highest BCUT2D eigenvalue weighted by molar-refractivity contribution is 5.66. The number of esters is 1. The first-order valence-corrected chi connectivity index (χ1v) is 7.99. The molecule has 1 unspecified atom stereocenters. The van der Waals surface area contributed by atoms with Gasteiger partial charge in [0.15, 0.2) is 0 Å². The molecule has 0 fully saturated rings. The van der Waals surface area contributed by atoms with Gasteiger partial charge in [0.2, 0.25) is 0 Å². The largest absolute Gasteiger partial charge is 0.435 e. The van der Waals surface area contributed by atoms with Crippen LogP contribution in [0.4, 0.5) is 0 Å².